The Kier molecular flexibility index (Phi) is 3.31. The van der Waals surface area contributed by atoms with Crippen LogP contribution in [0.4, 0.5) is 4.39 Å². The molecule has 0 fully saturated rings. The van der Waals surface area contributed by atoms with E-state index in [1.807, 2.05) is 0 Å². The van der Waals surface area contributed by atoms with Crippen molar-refractivity contribution >= 4 is 16.8 Å². The molecule has 3 aromatic rings. The van der Waals surface area contributed by atoms with E-state index in [0.717, 1.165) is 5.56 Å². The number of nitrogens with one attached hydrogen (secondary N) is 2. The van der Waals surface area contributed by atoms with E-state index in [4.69, 9.17) is 0 Å². The third-order valence-corrected chi connectivity index (χ3v) is 3.19. The maximum absolute atomic E-state index is 13.1. The number of fused-ring (bicyclic) bond motifs is 1. The van der Waals surface area contributed by atoms with Crippen LogP contribution in [-0.2, 0) is 6.54 Å². The molecular weight excluding hydrogens is 271 g/mol. The van der Waals surface area contributed by atoms with E-state index >= 15 is 0 Å². The lowest BCUT2D eigenvalue weighted by molar-refractivity contribution is 0.0946. The average molecular weight is 284 g/mol. The van der Waals surface area contributed by atoms with Gasteiger partial charge in [-0.25, -0.2) is 4.39 Å². The Morgan fingerprint density at radius 1 is 1.19 bits per heavy atom. The van der Waals surface area contributed by atoms with Gasteiger partial charge in [0.2, 0.25) is 0 Å². The number of rotatable bonds is 3. The molecule has 0 saturated heterocycles. The number of carbonyl (C=O) groups excluding carboxylic acids is 1. The second kappa shape index (κ2) is 5.28. The summed E-state index contributed by atoms with van der Waals surface area (Å²) in [5.41, 5.74) is 1.88. The number of aromatic amines is 1. The number of phenols is 1. The molecule has 0 atom stereocenters. The second-order valence-corrected chi connectivity index (χ2v) is 4.77. The quantitative estimate of drug-likeness (QED) is 0.692. The van der Waals surface area contributed by atoms with Gasteiger partial charge in [-0.15, -0.1) is 0 Å². The lowest BCUT2D eigenvalue weighted by Crippen LogP contribution is -2.22. The number of amides is 1. The van der Waals surface area contributed by atoms with Crippen LogP contribution in [0.5, 0.6) is 5.75 Å². The summed E-state index contributed by atoms with van der Waals surface area (Å²) in [7, 11) is 0. The van der Waals surface area contributed by atoms with Gasteiger partial charge in [0.15, 0.2) is 0 Å². The standard InChI is InChI=1S/C16H13FN2O2/c17-12-4-5-14-11(7-12)8-15(19-14)16(21)18-9-10-2-1-3-13(20)6-10/h1-8,19-20H,9H2,(H,18,21). The van der Waals surface area contributed by atoms with Crippen LogP contribution in [0.1, 0.15) is 16.1 Å². The van der Waals surface area contributed by atoms with Crippen molar-refractivity contribution in [1.29, 1.82) is 0 Å². The Labute approximate surface area is 120 Å². The largest absolute Gasteiger partial charge is 0.508 e. The van der Waals surface area contributed by atoms with Gasteiger partial charge in [-0.05, 0) is 42.0 Å². The fourth-order valence-corrected chi connectivity index (χ4v) is 2.17. The van der Waals surface area contributed by atoms with E-state index in [0.29, 0.717) is 23.1 Å². The van der Waals surface area contributed by atoms with Gasteiger partial charge in [-0.1, -0.05) is 12.1 Å². The molecule has 0 radical (unpaired) electrons. The van der Waals surface area contributed by atoms with Crippen molar-refractivity contribution in [3.63, 3.8) is 0 Å². The highest BCUT2D eigenvalue weighted by atomic mass is 19.1. The van der Waals surface area contributed by atoms with Gasteiger partial charge in [-0.3, -0.25) is 4.79 Å². The summed E-state index contributed by atoms with van der Waals surface area (Å²) in [6.45, 7) is 0.303. The van der Waals surface area contributed by atoms with Crippen molar-refractivity contribution in [3.8, 4) is 5.75 Å². The fourth-order valence-electron chi connectivity index (χ4n) is 2.17. The van der Waals surface area contributed by atoms with Gasteiger partial charge >= 0.3 is 0 Å². The molecule has 3 N–H and O–H groups in total. The highest BCUT2D eigenvalue weighted by Gasteiger charge is 2.09. The zero-order valence-electron chi connectivity index (χ0n) is 11.1. The Morgan fingerprint density at radius 2 is 2.05 bits per heavy atom. The minimum Gasteiger partial charge on any atom is -0.508 e. The van der Waals surface area contributed by atoms with Crippen molar-refractivity contribution in [1.82, 2.24) is 10.3 Å². The Morgan fingerprint density at radius 3 is 2.86 bits per heavy atom. The van der Waals surface area contributed by atoms with Crippen LogP contribution in [0.25, 0.3) is 10.9 Å². The smallest absolute Gasteiger partial charge is 0.267 e. The minimum atomic E-state index is -0.340. The first-order valence-electron chi connectivity index (χ1n) is 6.46. The van der Waals surface area contributed by atoms with E-state index in [1.165, 1.54) is 12.1 Å². The fraction of sp³-hybridized carbons (Fsp3) is 0.0625. The molecule has 0 aliphatic rings. The molecule has 0 bridgehead atoms. The number of aromatic nitrogens is 1. The summed E-state index contributed by atoms with van der Waals surface area (Å²) in [5, 5.41) is 12.8. The van der Waals surface area contributed by atoms with Crippen LogP contribution in [-0.4, -0.2) is 16.0 Å². The maximum Gasteiger partial charge on any atom is 0.267 e. The molecule has 3 rings (SSSR count). The zero-order chi connectivity index (χ0) is 14.8. The molecule has 1 heterocycles. The van der Waals surface area contributed by atoms with E-state index < -0.39 is 0 Å². The molecule has 0 aliphatic heterocycles. The van der Waals surface area contributed by atoms with Crippen LogP contribution < -0.4 is 5.32 Å². The summed E-state index contributed by atoms with van der Waals surface area (Å²) in [4.78, 5) is 15.0. The molecule has 0 spiro atoms. The highest BCUT2D eigenvalue weighted by molar-refractivity contribution is 5.97. The third kappa shape index (κ3) is 2.86. The lowest BCUT2D eigenvalue weighted by Gasteiger charge is -2.04. The number of carbonyl (C=O) groups is 1. The monoisotopic (exact) mass is 284 g/mol. The molecule has 0 aliphatic carbocycles. The van der Waals surface area contributed by atoms with Crippen molar-refractivity contribution in [2.24, 2.45) is 0 Å². The van der Waals surface area contributed by atoms with Crippen molar-refractivity contribution < 1.29 is 14.3 Å². The van der Waals surface area contributed by atoms with Crippen molar-refractivity contribution in [2.75, 3.05) is 0 Å². The van der Waals surface area contributed by atoms with Crippen LogP contribution >= 0.6 is 0 Å². The van der Waals surface area contributed by atoms with E-state index in [-0.39, 0.29) is 17.5 Å². The predicted octanol–water partition coefficient (Wildman–Crippen LogP) is 2.94. The highest BCUT2D eigenvalue weighted by Crippen LogP contribution is 2.17. The summed E-state index contributed by atoms with van der Waals surface area (Å²) in [6.07, 6.45) is 0. The van der Waals surface area contributed by atoms with E-state index in [9.17, 15) is 14.3 Å². The molecule has 2 aromatic carbocycles. The summed E-state index contributed by atoms with van der Waals surface area (Å²) >= 11 is 0. The summed E-state index contributed by atoms with van der Waals surface area (Å²) < 4.78 is 13.1. The molecule has 21 heavy (non-hydrogen) atoms. The maximum atomic E-state index is 13.1. The summed E-state index contributed by atoms with van der Waals surface area (Å²) in [6, 6.07) is 12.6. The molecular formula is C16H13FN2O2. The van der Waals surface area contributed by atoms with Crippen LogP contribution in [0.3, 0.4) is 0 Å². The number of aromatic hydroxyl groups is 1. The van der Waals surface area contributed by atoms with Gasteiger partial charge in [0.1, 0.15) is 17.3 Å². The molecule has 4 nitrogen and oxygen atoms in total. The molecule has 1 amide bonds. The topological polar surface area (TPSA) is 65.1 Å². The zero-order valence-corrected chi connectivity index (χ0v) is 11.1. The van der Waals surface area contributed by atoms with Gasteiger partial charge in [0.25, 0.3) is 5.91 Å². The first-order chi connectivity index (χ1) is 10.1. The van der Waals surface area contributed by atoms with Gasteiger partial charge < -0.3 is 15.4 Å². The van der Waals surface area contributed by atoms with E-state index in [1.54, 1.807) is 36.4 Å². The lowest BCUT2D eigenvalue weighted by atomic mass is 10.2. The molecule has 1 aromatic heterocycles. The first kappa shape index (κ1) is 13.2. The Bertz CT molecular complexity index is 811. The number of H-pyrrole nitrogens is 1. The van der Waals surface area contributed by atoms with Crippen LogP contribution in [0.2, 0.25) is 0 Å². The summed E-state index contributed by atoms with van der Waals surface area (Å²) in [5.74, 6) is -0.467. The van der Waals surface area contributed by atoms with Gasteiger partial charge in [-0.2, -0.15) is 0 Å². The number of phenolic OH excluding ortho intramolecular Hbond substituents is 1. The first-order valence-corrected chi connectivity index (χ1v) is 6.46. The van der Waals surface area contributed by atoms with Gasteiger partial charge in [0.05, 0.1) is 0 Å². The number of benzene rings is 2. The average Bonchev–Trinajstić information content (AvgIpc) is 2.88. The predicted molar refractivity (Wildman–Crippen MR) is 77.5 cm³/mol. The number of hydrogen-bond acceptors (Lipinski definition) is 2. The van der Waals surface area contributed by atoms with Crippen LogP contribution in [0, 0.1) is 5.82 Å². The number of halogens is 1. The Balaban J connectivity index is 1.74. The Hall–Kier alpha value is -2.82. The molecule has 5 heteroatoms. The minimum absolute atomic E-state index is 0.155. The van der Waals surface area contributed by atoms with Gasteiger partial charge in [0, 0.05) is 17.4 Å². The third-order valence-electron chi connectivity index (χ3n) is 3.19. The SMILES string of the molecule is O=C(NCc1cccc(O)c1)c1cc2cc(F)ccc2[nH]1. The normalized spacial score (nSPS) is 10.7. The second-order valence-electron chi connectivity index (χ2n) is 4.77. The molecule has 106 valence electrons. The van der Waals surface area contributed by atoms with Crippen LogP contribution in [0.15, 0.2) is 48.5 Å². The number of hydrogen-bond donors (Lipinski definition) is 3. The molecule has 0 unspecified atom stereocenters. The molecule has 0 saturated carbocycles. The van der Waals surface area contributed by atoms with E-state index in [2.05, 4.69) is 10.3 Å². The van der Waals surface area contributed by atoms with Crippen molar-refractivity contribution in [3.05, 3.63) is 65.6 Å². The van der Waals surface area contributed by atoms with Crippen molar-refractivity contribution in [2.45, 2.75) is 6.54 Å².